The molecule has 1 unspecified atom stereocenters. The minimum Gasteiger partial charge on any atom is -0.352 e. The Morgan fingerprint density at radius 2 is 2.04 bits per heavy atom. The maximum Gasteiger partial charge on any atom is 0.263 e. The maximum atomic E-state index is 12.7. The summed E-state index contributed by atoms with van der Waals surface area (Å²) in [6, 6.07) is 6.39. The van der Waals surface area contributed by atoms with E-state index < -0.39 is 16.1 Å². The predicted octanol–water partition coefficient (Wildman–Crippen LogP) is 2.34. The molecule has 1 saturated carbocycles. The minimum atomic E-state index is -3.58. The topological polar surface area (TPSA) is 87.6 Å². The van der Waals surface area contributed by atoms with E-state index in [0.29, 0.717) is 12.0 Å². The highest BCUT2D eigenvalue weighted by atomic mass is 32.2. The van der Waals surface area contributed by atoms with Crippen molar-refractivity contribution in [3.63, 3.8) is 0 Å². The Kier molecular flexibility index (Phi) is 5.42. The molecule has 1 aromatic rings. The molecular weight excluding hydrogens is 338 g/mol. The Hall–Kier alpha value is -1.89. The first-order valence-corrected chi connectivity index (χ1v) is 10.5. The van der Waals surface area contributed by atoms with E-state index in [1.165, 1.54) is 0 Å². The largest absolute Gasteiger partial charge is 0.352 e. The van der Waals surface area contributed by atoms with Crippen LogP contribution in [0, 0.1) is 0 Å². The van der Waals surface area contributed by atoms with E-state index in [1.807, 2.05) is 0 Å². The number of sulfonamides is 1. The molecule has 1 heterocycles. The Morgan fingerprint density at radius 1 is 1.32 bits per heavy atom. The molecule has 1 aliphatic carbocycles. The molecule has 2 N–H and O–H groups in total. The third-order valence-corrected chi connectivity index (χ3v) is 6.18. The van der Waals surface area contributed by atoms with Crippen LogP contribution in [-0.4, -0.2) is 32.2 Å². The Bertz CT molecular complexity index is 768. The maximum absolute atomic E-state index is 12.7. The smallest absolute Gasteiger partial charge is 0.263 e. The van der Waals surface area contributed by atoms with Crippen LogP contribution in [0.4, 0.5) is 0 Å². The van der Waals surface area contributed by atoms with Crippen LogP contribution in [0.1, 0.15) is 57.4 Å². The van der Waals surface area contributed by atoms with Crippen LogP contribution in [0.15, 0.2) is 34.2 Å². The van der Waals surface area contributed by atoms with Crippen LogP contribution in [0.25, 0.3) is 0 Å². The number of aliphatic imine (C=N–C) groups is 1. The van der Waals surface area contributed by atoms with Gasteiger partial charge in [-0.3, -0.25) is 14.5 Å². The number of hydrogen-bond acceptors (Lipinski definition) is 4. The van der Waals surface area contributed by atoms with Crippen molar-refractivity contribution in [2.45, 2.75) is 68.8 Å². The first-order valence-electron chi connectivity index (χ1n) is 9.01. The van der Waals surface area contributed by atoms with Gasteiger partial charge >= 0.3 is 0 Å². The number of carbonyl (C=O) groups excluding carboxylic acids is 1. The number of nitrogens with one attached hydrogen (secondary N) is 2. The lowest BCUT2D eigenvalue weighted by Crippen LogP contribution is -2.40. The van der Waals surface area contributed by atoms with Gasteiger partial charge in [0.2, 0.25) is 5.91 Å². The first kappa shape index (κ1) is 17.9. The highest BCUT2D eigenvalue weighted by Gasteiger charge is 2.32. The van der Waals surface area contributed by atoms with Crippen molar-refractivity contribution in [2.75, 3.05) is 0 Å². The van der Waals surface area contributed by atoms with Crippen molar-refractivity contribution in [1.29, 1.82) is 0 Å². The van der Waals surface area contributed by atoms with E-state index in [1.54, 1.807) is 24.3 Å². The van der Waals surface area contributed by atoms with E-state index in [0.717, 1.165) is 38.5 Å². The average Bonchev–Trinajstić information content (AvgIpc) is 3.18. The van der Waals surface area contributed by atoms with Crippen molar-refractivity contribution in [3.05, 3.63) is 29.8 Å². The minimum absolute atomic E-state index is 0.101. The second kappa shape index (κ2) is 7.56. The third kappa shape index (κ3) is 4.03. The number of nitrogens with zero attached hydrogens (tertiary/aromatic N) is 1. The van der Waals surface area contributed by atoms with E-state index >= 15 is 0 Å². The van der Waals surface area contributed by atoms with E-state index in [-0.39, 0.29) is 22.7 Å². The normalized spacial score (nSPS) is 21.7. The standard InChI is InChI=1S/C18H25N3O3S/c1-2-3-11-15(18(22)19-13-8-4-5-9-13)20-17-14-10-6-7-12-16(14)25(23,24)21-17/h6-7,10,12-13,15H,2-5,8-9,11H2,1H3,(H,19,22)(H,20,21). The molecule has 0 bridgehead atoms. The number of rotatable bonds is 6. The summed E-state index contributed by atoms with van der Waals surface area (Å²) in [5.74, 6) is 0.176. The number of benzene rings is 1. The summed E-state index contributed by atoms with van der Waals surface area (Å²) in [6.45, 7) is 2.06. The molecule has 1 aliphatic heterocycles. The van der Waals surface area contributed by atoms with Crippen molar-refractivity contribution in [2.24, 2.45) is 4.99 Å². The van der Waals surface area contributed by atoms with Gasteiger partial charge in [0, 0.05) is 11.6 Å². The van der Waals surface area contributed by atoms with Crippen molar-refractivity contribution >= 4 is 21.8 Å². The fourth-order valence-electron chi connectivity index (χ4n) is 3.40. The average molecular weight is 363 g/mol. The molecule has 3 rings (SSSR count). The Labute approximate surface area is 149 Å². The van der Waals surface area contributed by atoms with E-state index in [9.17, 15) is 13.2 Å². The van der Waals surface area contributed by atoms with Crippen LogP contribution in [-0.2, 0) is 14.8 Å². The summed E-state index contributed by atoms with van der Waals surface area (Å²) < 4.78 is 26.9. The molecule has 7 heteroatoms. The zero-order valence-corrected chi connectivity index (χ0v) is 15.3. The van der Waals surface area contributed by atoms with Crippen LogP contribution in [0.2, 0.25) is 0 Å². The lowest BCUT2D eigenvalue weighted by molar-refractivity contribution is -0.123. The monoisotopic (exact) mass is 363 g/mol. The number of amidine groups is 1. The van der Waals surface area contributed by atoms with Crippen LogP contribution in [0.5, 0.6) is 0 Å². The number of hydrogen-bond donors (Lipinski definition) is 2. The molecule has 1 atom stereocenters. The van der Waals surface area contributed by atoms with Crippen LogP contribution in [0.3, 0.4) is 0 Å². The Morgan fingerprint density at radius 3 is 2.76 bits per heavy atom. The predicted molar refractivity (Wildman–Crippen MR) is 97.0 cm³/mol. The molecular formula is C18H25N3O3S. The number of carbonyl (C=O) groups is 1. The summed E-state index contributed by atoms with van der Waals surface area (Å²) >= 11 is 0. The quantitative estimate of drug-likeness (QED) is 0.813. The lowest BCUT2D eigenvalue weighted by Gasteiger charge is -2.17. The summed E-state index contributed by atoms with van der Waals surface area (Å²) in [4.78, 5) is 17.4. The van der Waals surface area contributed by atoms with Crippen LogP contribution < -0.4 is 10.0 Å². The van der Waals surface area contributed by atoms with Gasteiger partial charge in [0.25, 0.3) is 10.0 Å². The summed E-state index contributed by atoms with van der Waals surface area (Å²) in [6.07, 6.45) is 6.76. The molecule has 136 valence electrons. The Balaban J connectivity index is 1.84. The molecule has 1 fully saturated rings. The van der Waals surface area contributed by atoms with Gasteiger partial charge in [0.15, 0.2) is 0 Å². The zero-order chi connectivity index (χ0) is 17.9. The second-order valence-corrected chi connectivity index (χ2v) is 8.38. The van der Waals surface area contributed by atoms with Gasteiger partial charge in [-0.1, -0.05) is 44.7 Å². The molecule has 1 aromatic carbocycles. The van der Waals surface area contributed by atoms with Gasteiger partial charge in [-0.25, -0.2) is 8.42 Å². The number of amides is 1. The zero-order valence-electron chi connectivity index (χ0n) is 14.5. The number of fused-ring (bicyclic) bond motifs is 1. The SMILES string of the molecule is CCCCC(N=C1NS(=O)(=O)c2ccccc21)C(=O)NC1CCCC1. The molecule has 0 radical (unpaired) electrons. The first-order chi connectivity index (χ1) is 12.0. The van der Waals surface area contributed by atoms with E-state index in [2.05, 4.69) is 22.0 Å². The highest BCUT2D eigenvalue weighted by molar-refractivity contribution is 7.90. The summed E-state index contributed by atoms with van der Waals surface area (Å²) in [7, 11) is -3.58. The molecule has 2 aliphatic rings. The molecule has 0 saturated heterocycles. The van der Waals surface area contributed by atoms with Crippen molar-refractivity contribution in [1.82, 2.24) is 10.0 Å². The van der Waals surface area contributed by atoms with Crippen molar-refractivity contribution in [3.8, 4) is 0 Å². The van der Waals surface area contributed by atoms with E-state index in [4.69, 9.17) is 0 Å². The number of unbranched alkanes of at least 4 members (excludes halogenated alkanes) is 1. The lowest BCUT2D eigenvalue weighted by atomic mass is 10.1. The van der Waals surface area contributed by atoms with Crippen LogP contribution >= 0.6 is 0 Å². The van der Waals surface area contributed by atoms with Gasteiger partial charge in [-0.15, -0.1) is 0 Å². The fraction of sp³-hybridized carbons (Fsp3) is 0.556. The molecule has 1 amide bonds. The highest BCUT2D eigenvalue weighted by Crippen LogP contribution is 2.23. The van der Waals surface area contributed by atoms with Gasteiger partial charge in [-0.05, 0) is 31.4 Å². The van der Waals surface area contributed by atoms with Gasteiger partial charge < -0.3 is 5.32 Å². The summed E-state index contributed by atoms with van der Waals surface area (Å²) in [5, 5.41) is 3.08. The molecule has 0 spiro atoms. The second-order valence-electron chi connectivity index (χ2n) is 6.73. The van der Waals surface area contributed by atoms with Gasteiger partial charge in [0.1, 0.15) is 11.9 Å². The van der Waals surface area contributed by atoms with Gasteiger partial charge in [0.05, 0.1) is 4.90 Å². The third-order valence-electron chi connectivity index (χ3n) is 4.78. The molecule has 25 heavy (non-hydrogen) atoms. The van der Waals surface area contributed by atoms with Gasteiger partial charge in [-0.2, -0.15) is 0 Å². The summed E-state index contributed by atoms with van der Waals surface area (Å²) in [5.41, 5.74) is 0.540. The molecule has 6 nitrogen and oxygen atoms in total. The van der Waals surface area contributed by atoms with Crippen molar-refractivity contribution < 1.29 is 13.2 Å². The molecule has 0 aromatic heterocycles. The fourth-order valence-corrected chi connectivity index (χ4v) is 4.64.